The molecule has 1 aliphatic rings. The van der Waals surface area contributed by atoms with Crippen LogP contribution < -0.4 is 0 Å². The van der Waals surface area contributed by atoms with Crippen molar-refractivity contribution in [3.05, 3.63) is 18.7 Å². The van der Waals surface area contributed by atoms with E-state index in [9.17, 15) is 19.2 Å². The van der Waals surface area contributed by atoms with E-state index >= 15 is 0 Å². The molecular weight excluding hydrogens is 791 g/mol. The SMILES string of the molecule is CCCCCCCCCCCOC(=O)CCCCCN1CC(OC(=O)CCCn2ccnc2)C(CCCCCCCC(=O)OC(CCCCCCCC)CCCCCCCC)C1=O. The summed E-state index contributed by atoms with van der Waals surface area (Å²) in [7, 11) is 0. The zero-order valence-electron chi connectivity index (χ0n) is 40.9. The van der Waals surface area contributed by atoms with E-state index in [1.54, 1.807) is 12.5 Å². The predicted molar refractivity (Wildman–Crippen MR) is 256 cm³/mol. The Bertz CT molecular complexity index is 1240. The van der Waals surface area contributed by atoms with Crippen LogP contribution in [0.25, 0.3) is 0 Å². The van der Waals surface area contributed by atoms with Crippen LogP contribution in [0.3, 0.4) is 0 Å². The number of esters is 3. The third kappa shape index (κ3) is 30.0. The van der Waals surface area contributed by atoms with Crippen molar-refractivity contribution in [2.24, 2.45) is 5.92 Å². The lowest BCUT2D eigenvalue weighted by atomic mass is 9.96. The second-order valence-electron chi connectivity index (χ2n) is 18.7. The Hall–Kier alpha value is -2.91. The van der Waals surface area contributed by atoms with Gasteiger partial charge in [0.25, 0.3) is 0 Å². The first-order valence-corrected chi connectivity index (χ1v) is 26.7. The van der Waals surface area contributed by atoms with Gasteiger partial charge in [0.05, 0.1) is 25.4 Å². The smallest absolute Gasteiger partial charge is 0.306 e. The molecule has 0 bridgehead atoms. The second-order valence-corrected chi connectivity index (χ2v) is 18.7. The Kier molecular flexibility index (Phi) is 35.2. The van der Waals surface area contributed by atoms with Gasteiger partial charge in [0.2, 0.25) is 5.91 Å². The number of rotatable bonds is 44. The molecule has 0 aromatic carbocycles. The highest BCUT2D eigenvalue weighted by atomic mass is 16.5. The number of nitrogens with zero attached hydrogens (tertiary/aromatic N) is 3. The van der Waals surface area contributed by atoms with Gasteiger partial charge in [-0.25, -0.2) is 4.98 Å². The lowest BCUT2D eigenvalue weighted by Gasteiger charge is -2.18. The quantitative estimate of drug-likeness (QED) is 0.0361. The fourth-order valence-corrected chi connectivity index (χ4v) is 8.91. The van der Waals surface area contributed by atoms with Gasteiger partial charge in [-0.3, -0.25) is 19.2 Å². The maximum atomic E-state index is 13.7. The van der Waals surface area contributed by atoms with Crippen molar-refractivity contribution in [3.8, 4) is 0 Å². The van der Waals surface area contributed by atoms with Crippen molar-refractivity contribution in [1.29, 1.82) is 0 Å². The fourth-order valence-electron chi connectivity index (χ4n) is 8.91. The van der Waals surface area contributed by atoms with Crippen LogP contribution in [-0.4, -0.2) is 70.2 Å². The minimum absolute atomic E-state index is 0.0485. The summed E-state index contributed by atoms with van der Waals surface area (Å²) in [6.45, 7) is 8.97. The van der Waals surface area contributed by atoms with Gasteiger partial charge in [-0.2, -0.15) is 0 Å². The molecule has 0 aliphatic carbocycles. The minimum Gasteiger partial charge on any atom is -0.466 e. The third-order valence-corrected chi connectivity index (χ3v) is 12.9. The molecule has 364 valence electrons. The van der Waals surface area contributed by atoms with Gasteiger partial charge in [-0.15, -0.1) is 0 Å². The molecule has 0 N–H and O–H groups in total. The number of hydrogen-bond donors (Lipinski definition) is 0. The standard InChI is InChI=1S/C53H95N3O7/c1-4-7-10-13-16-17-18-24-32-44-61-50(57)37-30-25-31-42-56-45-49(63-52(59)39-33-41-55-43-40-54-46-55)48(53(56)60)36-28-22-19-23-29-38-51(58)62-47(34-26-20-14-11-8-5-2)35-27-21-15-12-9-6-3/h40,43,46-49H,4-39,41-42,44-45H2,1-3H3. The van der Waals surface area contributed by atoms with Gasteiger partial charge in [-0.1, -0.05) is 168 Å². The number of aromatic nitrogens is 2. The topological polar surface area (TPSA) is 117 Å². The molecule has 10 heteroatoms. The normalized spacial score (nSPS) is 15.1. The summed E-state index contributed by atoms with van der Waals surface area (Å²) < 4.78 is 19.5. The monoisotopic (exact) mass is 886 g/mol. The Morgan fingerprint density at radius 1 is 0.587 bits per heavy atom. The minimum atomic E-state index is -0.440. The highest BCUT2D eigenvalue weighted by molar-refractivity contribution is 5.82. The average molecular weight is 886 g/mol. The molecule has 2 heterocycles. The van der Waals surface area contributed by atoms with E-state index in [4.69, 9.17) is 14.2 Å². The van der Waals surface area contributed by atoms with Gasteiger partial charge in [0, 0.05) is 44.7 Å². The fraction of sp³-hybridized carbons (Fsp3) is 0.868. The van der Waals surface area contributed by atoms with E-state index in [1.807, 2.05) is 15.7 Å². The van der Waals surface area contributed by atoms with Gasteiger partial charge >= 0.3 is 17.9 Å². The Balaban J connectivity index is 1.71. The molecule has 2 rings (SSSR count). The van der Waals surface area contributed by atoms with Crippen LogP contribution >= 0.6 is 0 Å². The maximum absolute atomic E-state index is 13.7. The van der Waals surface area contributed by atoms with Crippen LogP contribution in [0.2, 0.25) is 0 Å². The van der Waals surface area contributed by atoms with Crippen molar-refractivity contribution >= 4 is 23.8 Å². The Morgan fingerprint density at radius 2 is 1.10 bits per heavy atom. The van der Waals surface area contributed by atoms with Crippen LogP contribution in [-0.2, 0) is 39.9 Å². The summed E-state index contributed by atoms with van der Waals surface area (Å²) in [6.07, 6.45) is 42.6. The zero-order valence-corrected chi connectivity index (χ0v) is 40.9. The van der Waals surface area contributed by atoms with E-state index in [2.05, 4.69) is 25.8 Å². The summed E-state index contributed by atoms with van der Waals surface area (Å²) in [6, 6.07) is 0. The molecule has 63 heavy (non-hydrogen) atoms. The van der Waals surface area contributed by atoms with E-state index in [1.165, 1.54) is 109 Å². The van der Waals surface area contributed by atoms with Gasteiger partial charge in [0.1, 0.15) is 12.2 Å². The number of amides is 1. The summed E-state index contributed by atoms with van der Waals surface area (Å²) in [5.74, 6) is -0.686. The number of hydrogen-bond acceptors (Lipinski definition) is 8. The molecule has 1 aromatic heterocycles. The van der Waals surface area contributed by atoms with Gasteiger partial charge < -0.3 is 23.7 Å². The van der Waals surface area contributed by atoms with E-state index in [0.29, 0.717) is 58.3 Å². The number of unbranched alkanes of at least 4 members (excludes halogenated alkanes) is 24. The lowest BCUT2D eigenvalue weighted by molar-refractivity contribution is -0.151. The molecule has 1 amide bonds. The van der Waals surface area contributed by atoms with Crippen molar-refractivity contribution in [2.75, 3.05) is 19.7 Å². The van der Waals surface area contributed by atoms with Crippen molar-refractivity contribution < 1.29 is 33.4 Å². The zero-order chi connectivity index (χ0) is 45.4. The predicted octanol–water partition coefficient (Wildman–Crippen LogP) is 13.8. The van der Waals surface area contributed by atoms with Crippen LogP contribution in [0.5, 0.6) is 0 Å². The molecule has 1 saturated heterocycles. The van der Waals surface area contributed by atoms with E-state index < -0.39 is 6.10 Å². The summed E-state index contributed by atoms with van der Waals surface area (Å²) in [5.41, 5.74) is 0. The first kappa shape index (κ1) is 56.2. The molecule has 0 saturated carbocycles. The van der Waals surface area contributed by atoms with Gasteiger partial charge in [-0.05, 0) is 64.2 Å². The van der Waals surface area contributed by atoms with E-state index in [-0.39, 0.29) is 35.8 Å². The molecule has 2 unspecified atom stereocenters. The molecule has 0 spiro atoms. The molecule has 0 radical (unpaired) electrons. The highest BCUT2D eigenvalue weighted by Gasteiger charge is 2.41. The molecule has 1 fully saturated rings. The third-order valence-electron chi connectivity index (χ3n) is 12.9. The van der Waals surface area contributed by atoms with Crippen LogP contribution in [0.15, 0.2) is 18.7 Å². The first-order chi connectivity index (χ1) is 30.9. The Labute approximate surface area is 385 Å². The highest BCUT2D eigenvalue weighted by Crippen LogP contribution is 2.28. The van der Waals surface area contributed by atoms with Crippen molar-refractivity contribution in [2.45, 2.75) is 271 Å². The van der Waals surface area contributed by atoms with Gasteiger partial charge in [0.15, 0.2) is 0 Å². The number of imidazole rings is 1. The Morgan fingerprint density at radius 3 is 1.68 bits per heavy atom. The average Bonchev–Trinajstić information content (AvgIpc) is 3.90. The number of ether oxygens (including phenoxy) is 3. The summed E-state index contributed by atoms with van der Waals surface area (Å²) in [4.78, 5) is 57.8. The molecule has 2 atom stereocenters. The second kappa shape index (κ2) is 39.5. The number of carbonyl (C=O) groups excluding carboxylic acids is 4. The van der Waals surface area contributed by atoms with Crippen molar-refractivity contribution in [3.63, 3.8) is 0 Å². The van der Waals surface area contributed by atoms with E-state index in [0.717, 1.165) is 89.9 Å². The van der Waals surface area contributed by atoms with Crippen molar-refractivity contribution in [1.82, 2.24) is 14.5 Å². The molecule has 10 nitrogen and oxygen atoms in total. The number of aryl methyl sites for hydroxylation is 1. The summed E-state index contributed by atoms with van der Waals surface area (Å²) >= 11 is 0. The largest absolute Gasteiger partial charge is 0.466 e. The first-order valence-electron chi connectivity index (χ1n) is 26.7. The van der Waals surface area contributed by atoms with Crippen LogP contribution in [0.1, 0.15) is 252 Å². The molecular formula is C53H95N3O7. The molecule has 1 aliphatic heterocycles. The lowest BCUT2D eigenvalue weighted by Crippen LogP contribution is -2.28. The molecule has 1 aromatic rings. The summed E-state index contributed by atoms with van der Waals surface area (Å²) in [5, 5.41) is 0. The number of likely N-dealkylation sites (tertiary alicyclic amines) is 1. The van der Waals surface area contributed by atoms with Crippen LogP contribution in [0, 0.1) is 5.92 Å². The maximum Gasteiger partial charge on any atom is 0.306 e. The number of carbonyl (C=O) groups is 4. The van der Waals surface area contributed by atoms with Crippen LogP contribution in [0.4, 0.5) is 0 Å².